The Morgan fingerprint density at radius 3 is 2.88 bits per heavy atom. The Morgan fingerprint density at radius 2 is 2.12 bits per heavy atom. The molecule has 1 aromatic carbocycles. The van der Waals surface area contributed by atoms with Crippen molar-refractivity contribution in [1.29, 1.82) is 0 Å². The van der Waals surface area contributed by atoms with Crippen molar-refractivity contribution < 1.29 is 14.3 Å². The lowest BCUT2D eigenvalue weighted by Crippen LogP contribution is -2.38. The Kier molecular flexibility index (Phi) is 6.57. The highest BCUT2D eigenvalue weighted by Crippen LogP contribution is 2.13. The number of aromatic nitrogens is 1. The zero-order valence-corrected chi connectivity index (χ0v) is 15.1. The fourth-order valence-electron chi connectivity index (χ4n) is 2.75. The lowest BCUT2D eigenvalue weighted by Gasteiger charge is -2.26. The van der Waals surface area contributed by atoms with Gasteiger partial charge in [-0.25, -0.2) is 0 Å². The molecule has 0 saturated carbocycles. The Bertz CT molecular complexity index is 712. The molecule has 138 valence electrons. The van der Waals surface area contributed by atoms with Crippen molar-refractivity contribution in [2.45, 2.75) is 13.5 Å². The average molecular weight is 355 g/mol. The lowest BCUT2D eigenvalue weighted by atomic mass is 10.2. The van der Waals surface area contributed by atoms with Gasteiger partial charge in [-0.2, -0.15) is 0 Å². The molecule has 2 heterocycles. The van der Waals surface area contributed by atoms with Crippen molar-refractivity contribution in [3.05, 3.63) is 59.4 Å². The maximum atomic E-state index is 12.2. The van der Waals surface area contributed by atoms with Gasteiger partial charge in [0, 0.05) is 38.1 Å². The maximum Gasteiger partial charge on any atom is 0.253 e. The molecule has 0 aliphatic carbocycles. The number of pyridine rings is 1. The molecule has 0 radical (unpaired) electrons. The minimum Gasteiger partial charge on any atom is -0.492 e. The van der Waals surface area contributed by atoms with Crippen LogP contribution in [0.2, 0.25) is 0 Å². The highest BCUT2D eigenvalue weighted by Gasteiger charge is 2.10. The summed E-state index contributed by atoms with van der Waals surface area (Å²) in [5.74, 6) is 0.693. The molecule has 1 saturated heterocycles. The summed E-state index contributed by atoms with van der Waals surface area (Å²) in [4.78, 5) is 18.6. The van der Waals surface area contributed by atoms with E-state index in [1.54, 1.807) is 12.3 Å². The Hall–Kier alpha value is -2.44. The van der Waals surface area contributed by atoms with Gasteiger partial charge in [0.05, 0.1) is 18.8 Å². The summed E-state index contributed by atoms with van der Waals surface area (Å²) in [6.45, 7) is 7.40. The molecule has 3 rings (SSSR count). The highest BCUT2D eigenvalue weighted by atomic mass is 16.5. The van der Waals surface area contributed by atoms with Gasteiger partial charge in [-0.1, -0.05) is 12.1 Å². The molecule has 1 aliphatic heterocycles. The SMILES string of the molecule is Cc1ccc(C(=O)NCc2cccc(OCCN3CCOCC3)c2)cn1. The molecule has 6 nitrogen and oxygen atoms in total. The first-order chi connectivity index (χ1) is 12.7. The molecule has 0 bridgehead atoms. The predicted molar refractivity (Wildman–Crippen MR) is 99.3 cm³/mol. The van der Waals surface area contributed by atoms with Crippen LogP contribution in [0.3, 0.4) is 0 Å². The van der Waals surface area contributed by atoms with E-state index in [9.17, 15) is 4.79 Å². The monoisotopic (exact) mass is 355 g/mol. The number of carbonyl (C=O) groups is 1. The summed E-state index contributed by atoms with van der Waals surface area (Å²) in [6, 6.07) is 11.4. The van der Waals surface area contributed by atoms with E-state index in [0.717, 1.165) is 49.9 Å². The predicted octanol–water partition coefficient (Wildman–Crippen LogP) is 2.03. The first kappa shape index (κ1) is 18.4. The van der Waals surface area contributed by atoms with Crippen LogP contribution in [0, 0.1) is 6.92 Å². The normalized spacial score (nSPS) is 14.8. The second kappa shape index (κ2) is 9.31. The number of ether oxygens (including phenoxy) is 2. The molecule has 0 atom stereocenters. The largest absolute Gasteiger partial charge is 0.492 e. The molecule has 1 fully saturated rings. The number of nitrogens with one attached hydrogen (secondary N) is 1. The van der Waals surface area contributed by atoms with E-state index in [4.69, 9.17) is 9.47 Å². The van der Waals surface area contributed by atoms with Crippen LogP contribution in [0.1, 0.15) is 21.6 Å². The molecule has 1 amide bonds. The van der Waals surface area contributed by atoms with Crippen molar-refractivity contribution >= 4 is 5.91 Å². The van der Waals surface area contributed by atoms with Crippen LogP contribution < -0.4 is 10.1 Å². The van der Waals surface area contributed by atoms with Gasteiger partial charge in [-0.05, 0) is 36.8 Å². The minimum absolute atomic E-state index is 0.129. The van der Waals surface area contributed by atoms with Crippen LogP contribution in [-0.2, 0) is 11.3 Å². The number of hydrogen-bond donors (Lipinski definition) is 1. The second-order valence-electron chi connectivity index (χ2n) is 6.32. The number of hydrogen-bond acceptors (Lipinski definition) is 5. The average Bonchev–Trinajstić information content (AvgIpc) is 2.68. The second-order valence-corrected chi connectivity index (χ2v) is 6.32. The van der Waals surface area contributed by atoms with E-state index in [1.165, 1.54) is 0 Å². The number of benzene rings is 1. The van der Waals surface area contributed by atoms with Crippen LogP contribution in [0.15, 0.2) is 42.6 Å². The number of aryl methyl sites for hydroxylation is 1. The van der Waals surface area contributed by atoms with Gasteiger partial charge >= 0.3 is 0 Å². The molecule has 2 aromatic rings. The zero-order valence-electron chi connectivity index (χ0n) is 15.1. The number of carbonyl (C=O) groups excluding carboxylic acids is 1. The molecule has 26 heavy (non-hydrogen) atoms. The molecule has 1 aliphatic rings. The van der Waals surface area contributed by atoms with Crippen LogP contribution in [0.5, 0.6) is 5.75 Å². The van der Waals surface area contributed by atoms with Crippen molar-refractivity contribution in [3.8, 4) is 5.75 Å². The van der Waals surface area contributed by atoms with Gasteiger partial charge in [-0.15, -0.1) is 0 Å². The van der Waals surface area contributed by atoms with E-state index < -0.39 is 0 Å². The molecular formula is C20H25N3O3. The Morgan fingerprint density at radius 1 is 1.27 bits per heavy atom. The molecule has 6 heteroatoms. The summed E-state index contributed by atoms with van der Waals surface area (Å²) in [7, 11) is 0. The number of rotatable bonds is 7. The summed E-state index contributed by atoms with van der Waals surface area (Å²) in [5.41, 5.74) is 2.46. The van der Waals surface area contributed by atoms with Gasteiger partial charge in [0.25, 0.3) is 5.91 Å². The molecule has 1 N–H and O–H groups in total. The molecule has 0 spiro atoms. The smallest absolute Gasteiger partial charge is 0.253 e. The number of nitrogens with zero attached hydrogens (tertiary/aromatic N) is 2. The molecule has 0 unspecified atom stereocenters. The van der Waals surface area contributed by atoms with Gasteiger partial charge < -0.3 is 14.8 Å². The zero-order chi connectivity index (χ0) is 18.2. The van der Waals surface area contributed by atoms with Crippen molar-refractivity contribution in [2.75, 3.05) is 39.5 Å². The van der Waals surface area contributed by atoms with Gasteiger partial charge in [0.15, 0.2) is 0 Å². The van der Waals surface area contributed by atoms with Crippen molar-refractivity contribution in [3.63, 3.8) is 0 Å². The maximum absolute atomic E-state index is 12.2. The van der Waals surface area contributed by atoms with E-state index in [-0.39, 0.29) is 5.91 Å². The third-order valence-electron chi connectivity index (χ3n) is 4.31. The third kappa shape index (κ3) is 5.54. The fraction of sp³-hybridized carbons (Fsp3) is 0.400. The summed E-state index contributed by atoms with van der Waals surface area (Å²) in [5, 5.41) is 2.91. The van der Waals surface area contributed by atoms with E-state index in [1.807, 2.05) is 37.3 Å². The molecule has 1 aromatic heterocycles. The fourth-order valence-corrected chi connectivity index (χ4v) is 2.75. The Balaban J connectivity index is 1.45. The van der Waals surface area contributed by atoms with Crippen LogP contribution >= 0.6 is 0 Å². The van der Waals surface area contributed by atoms with Crippen LogP contribution in [0.4, 0.5) is 0 Å². The summed E-state index contributed by atoms with van der Waals surface area (Å²) < 4.78 is 11.2. The summed E-state index contributed by atoms with van der Waals surface area (Å²) >= 11 is 0. The quantitative estimate of drug-likeness (QED) is 0.823. The van der Waals surface area contributed by atoms with Crippen molar-refractivity contribution in [1.82, 2.24) is 15.2 Å². The van der Waals surface area contributed by atoms with Gasteiger partial charge in [-0.3, -0.25) is 14.7 Å². The van der Waals surface area contributed by atoms with Crippen LogP contribution in [0.25, 0.3) is 0 Å². The standard InChI is InChI=1S/C20H25N3O3/c1-16-5-6-18(15-21-16)20(24)22-14-17-3-2-4-19(13-17)26-12-9-23-7-10-25-11-8-23/h2-6,13,15H,7-12,14H2,1H3,(H,22,24). The number of amides is 1. The van der Waals surface area contributed by atoms with E-state index in [2.05, 4.69) is 15.2 Å². The van der Waals surface area contributed by atoms with Gasteiger partial charge in [0.1, 0.15) is 12.4 Å². The van der Waals surface area contributed by atoms with E-state index >= 15 is 0 Å². The third-order valence-corrected chi connectivity index (χ3v) is 4.31. The Labute approximate surface area is 154 Å². The first-order valence-electron chi connectivity index (χ1n) is 8.93. The number of morpholine rings is 1. The lowest BCUT2D eigenvalue weighted by molar-refractivity contribution is 0.0322. The van der Waals surface area contributed by atoms with Gasteiger partial charge in [0.2, 0.25) is 0 Å². The van der Waals surface area contributed by atoms with E-state index in [0.29, 0.717) is 18.7 Å². The topological polar surface area (TPSA) is 63.7 Å². The molecular weight excluding hydrogens is 330 g/mol. The highest BCUT2D eigenvalue weighted by molar-refractivity contribution is 5.93. The van der Waals surface area contributed by atoms with Crippen LogP contribution in [-0.4, -0.2) is 55.2 Å². The summed E-state index contributed by atoms with van der Waals surface area (Å²) in [6.07, 6.45) is 1.59. The van der Waals surface area contributed by atoms with Crippen molar-refractivity contribution in [2.24, 2.45) is 0 Å². The minimum atomic E-state index is -0.129. The first-order valence-corrected chi connectivity index (χ1v) is 8.93.